The summed E-state index contributed by atoms with van der Waals surface area (Å²) in [5.41, 5.74) is 2.32. The molecule has 5 heteroatoms. The first kappa shape index (κ1) is 17.2. The Morgan fingerprint density at radius 1 is 1.17 bits per heavy atom. The number of nitrogens with zero attached hydrogens (tertiary/aromatic N) is 4. The molecule has 0 amide bonds. The molecular formula is C18H26N4O. The number of hydrogen-bond donors (Lipinski definition) is 0. The van der Waals surface area contributed by atoms with Crippen molar-refractivity contribution in [3.8, 4) is 0 Å². The fraction of sp³-hybridized carbons (Fsp3) is 0.500. The molecule has 0 saturated heterocycles. The van der Waals surface area contributed by atoms with Crippen LogP contribution in [0.2, 0.25) is 0 Å². The average Bonchev–Trinajstić information content (AvgIpc) is 3.07. The minimum Gasteiger partial charge on any atom is -0.391 e. The Morgan fingerprint density at radius 2 is 1.96 bits per heavy atom. The maximum atomic E-state index is 5.40. The Hall–Kier alpha value is -2.17. The van der Waals surface area contributed by atoms with Gasteiger partial charge in [0.2, 0.25) is 5.84 Å². The number of aromatic nitrogens is 3. The van der Waals surface area contributed by atoms with Crippen molar-refractivity contribution in [3.05, 3.63) is 48.0 Å². The fourth-order valence-corrected chi connectivity index (χ4v) is 2.28. The molecule has 0 N–H and O–H groups in total. The van der Waals surface area contributed by atoms with Gasteiger partial charge in [0.25, 0.3) is 0 Å². The van der Waals surface area contributed by atoms with Gasteiger partial charge in [-0.05, 0) is 32.3 Å². The first-order valence-corrected chi connectivity index (χ1v) is 8.39. The normalized spacial score (nSPS) is 11.9. The molecule has 1 aromatic carbocycles. The summed E-state index contributed by atoms with van der Waals surface area (Å²) in [5, 5.41) is 8.39. The van der Waals surface area contributed by atoms with E-state index < -0.39 is 0 Å². The van der Waals surface area contributed by atoms with Crippen molar-refractivity contribution >= 4 is 5.84 Å². The molecule has 0 saturated carbocycles. The monoisotopic (exact) mass is 314 g/mol. The number of unbranched alkanes of at least 4 members (excludes halogenated alkanes) is 3. The molecule has 1 heterocycles. The van der Waals surface area contributed by atoms with E-state index >= 15 is 0 Å². The number of hydrogen-bond acceptors (Lipinski definition) is 4. The summed E-state index contributed by atoms with van der Waals surface area (Å²) in [6, 6.07) is 8.45. The van der Waals surface area contributed by atoms with E-state index in [-0.39, 0.29) is 6.10 Å². The van der Waals surface area contributed by atoms with Gasteiger partial charge in [-0.25, -0.2) is 4.98 Å². The second kappa shape index (κ2) is 9.08. The van der Waals surface area contributed by atoms with E-state index in [9.17, 15) is 0 Å². The van der Waals surface area contributed by atoms with E-state index in [2.05, 4.69) is 46.4 Å². The van der Waals surface area contributed by atoms with Crippen molar-refractivity contribution in [2.75, 3.05) is 0 Å². The van der Waals surface area contributed by atoms with Crippen LogP contribution in [0, 0.1) is 0 Å². The molecule has 2 aromatic rings. The van der Waals surface area contributed by atoms with Gasteiger partial charge in [-0.3, -0.25) is 0 Å². The molecule has 0 fully saturated rings. The van der Waals surface area contributed by atoms with Crippen LogP contribution in [0.5, 0.6) is 0 Å². The van der Waals surface area contributed by atoms with Gasteiger partial charge in [-0.15, -0.1) is 0 Å². The maximum absolute atomic E-state index is 5.40. The zero-order valence-electron chi connectivity index (χ0n) is 14.3. The van der Waals surface area contributed by atoms with Crippen molar-refractivity contribution < 1.29 is 4.84 Å². The smallest absolute Gasteiger partial charge is 0.201 e. The van der Waals surface area contributed by atoms with E-state index in [1.54, 1.807) is 11.0 Å². The molecule has 0 aliphatic carbocycles. The standard InChI is InChI=1S/C18H26N4O/c1-4-5-6-7-8-16-9-11-17(12-10-16)18(21-23-15(2)3)22-14-19-13-20-22/h9-15H,4-8H2,1-3H3/b21-18+. The number of aryl methyl sites for hydroxylation is 1. The molecule has 0 atom stereocenters. The van der Waals surface area contributed by atoms with Crippen molar-refractivity contribution in [2.45, 2.75) is 59.0 Å². The Bertz CT molecular complexity index is 588. The summed E-state index contributed by atoms with van der Waals surface area (Å²) in [4.78, 5) is 9.39. The maximum Gasteiger partial charge on any atom is 0.201 e. The minimum absolute atomic E-state index is 0.0198. The molecular weight excluding hydrogens is 288 g/mol. The molecule has 124 valence electrons. The Labute approximate surface area is 138 Å². The lowest BCUT2D eigenvalue weighted by molar-refractivity contribution is 0.0851. The lowest BCUT2D eigenvalue weighted by atomic mass is 10.0. The summed E-state index contributed by atoms with van der Waals surface area (Å²) in [5.74, 6) is 0.647. The summed E-state index contributed by atoms with van der Waals surface area (Å²) < 4.78 is 1.62. The molecule has 0 unspecified atom stereocenters. The SMILES string of the molecule is CCCCCCc1ccc(/C(=N\OC(C)C)n2cncn2)cc1. The van der Waals surface area contributed by atoms with Crippen LogP contribution in [-0.2, 0) is 11.3 Å². The van der Waals surface area contributed by atoms with Crippen molar-refractivity contribution in [2.24, 2.45) is 5.16 Å². The van der Waals surface area contributed by atoms with Crippen LogP contribution in [0.1, 0.15) is 57.6 Å². The van der Waals surface area contributed by atoms with E-state index in [1.165, 1.54) is 37.6 Å². The van der Waals surface area contributed by atoms with Gasteiger partial charge in [0.1, 0.15) is 18.8 Å². The molecule has 0 bridgehead atoms. The predicted octanol–water partition coefficient (Wildman–Crippen LogP) is 4.04. The Morgan fingerprint density at radius 3 is 2.57 bits per heavy atom. The summed E-state index contributed by atoms with van der Waals surface area (Å²) in [6.45, 7) is 6.13. The van der Waals surface area contributed by atoms with Crippen LogP contribution in [0.4, 0.5) is 0 Å². The number of rotatable bonds is 8. The van der Waals surface area contributed by atoms with Gasteiger partial charge in [-0.1, -0.05) is 55.6 Å². The second-order valence-electron chi connectivity index (χ2n) is 5.92. The van der Waals surface area contributed by atoms with Gasteiger partial charge in [0.15, 0.2) is 0 Å². The quantitative estimate of drug-likeness (QED) is 0.320. The lowest BCUT2D eigenvalue weighted by Gasteiger charge is -2.09. The Balaban J connectivity index is 2.09. The van der Waals surface area contributed by atoms with Crippen molar-refractivity contribution in [1.29, 1.82) is 0 Å². The third-order valence-electron chi connectivity index (χ3n) is 3.52. The molecule has 2 rings (SSSR count). The molecule has 1 aromatic heterocycles. The van der Waals surface area contributed by atoms with Crippen LogP contribution >= 0.6 is 0 Å². The van der Waals surface area contributed by atoms with Gasteiger partial charge in [0.05, 0.1) is 0 Å². The zero-order valence-corrected chi connectivity index (χ0v) is 14.3. The van der Waals surface area contributed by atoms with E-state index in [0.29, 0.717) is 5.84 Å². The summed E-state index contributed by atoms with van der Waals surface area (Å²) in [7, 11) is 0. The molecule has 0 aliphatic rings. The molecule has 0 spiro atoms. The van der Waals surface area contributed by atoms with Gasteiger partial charge >= 0.3 is 0 Å². The van der Waals surface area contributed by atoms with E-state index in [4.69, 9.17) is 4.84 Å². The third kappa shape index (κ3) is 5.51. The largest absolute Gasteiger partial charge is 0.391 e. The molecule has 5 nitrogen and oxygen atoms in total. The highest BCUT2D eigenvalue weighted by Gasteiger charge is 2.09. The minimum atomic E-state index is 0.0198. The highest BCUT2D eigenvalue weighted by Crippen LogP contribution is 2.11. The average molecular weight is 314 g/mol. The predicted molar refractivity (Wildman–Crippen MR) is 92.5 cm³/mol. The number of oxime groups is 1. The summed E-state index contributed by atoms with van der Waals surface area (Å²) >= 11 is 0. The number of benzene rings is 1. The topological polar surface area (TPSA) is 52.3 Å². The van der Waals surface area contributed by atoms with Crippen LogP contribution in [-0.4, -0.2) is 26.7 Å². The van der Waals surface area contributed by atoms with Gasteiger partial charge < -0.3 is 4.84 Å². The highest BCUT2D eigenvalue weighted by atomic mass is 16.6. The third-order valence-corrected chi connectivity index (χ3v) is 3.52. The molecule has 23 heavy (non-hydrogen) atoms. The van der Waals surface area contributed by atoms with Crippen LogP contribution in [0.15, 0.2) is 42.1 Å². The highest BCUT2D eigenvalue weighted by molar-refractivity contribution is 5.99. The first-order valence-electron chi connectivity index (χ1n) is 8.39. The zero-order chi connectivity index (χ0) is 16.5. The first-order chi connectivity index (χ1) is 11.2. The van der Waals surface area contributed by atoms with E-state index in [0.717, 1.165) is 12.0 Å². The van der Waals surface area contributed by atoms with Crippen LogP contribution in [0.3, 0.4) is 0 Å². The van der Waals surface area contributed by atoms with Crippen molar-refractivity contribution in [1.82, 2.24) is 14.8 Å². The summed E-state index contributed by atoms with van der Waals surface area (Å²) in [6.07, 6.45) is 9.39. The van der Waals surface area contributed by atoms with E-state index in [1.807, 2.05) is 13.8 Å². The fourth-order valence-electron chi connectivity index (χ4n) is 2.28. The van der Waals surface area contributed by atoms with Crippen LogP contribution < -0.4 is 0 Å². The molecule has 0 radical (unpaired) electrons. The lowest BCUT2D eigenvalue weighted by Crippen LogP contribution is -2.16. The Kier molecular flexibility index (Phi) is 6.78. The van der Waals surface area contributed by atoms with Gasteiger partial charge in [-0.2, -0.15) is 9.78 Å². The van der Waals surface area contributed by atoms with Gasteiger partial charge in [0, 0.05) is 5.56 Å². The molecule has 0 aliphatic heterocycles. The van der Waals surface area contributed by atoms with Crippen molar-refractivity contribution in [3.63, 3.8) is 0 Å². The van der Waals surface area contributed by atoms with Crippen LogP contribution in [0.25, 0.3) is 0 Å². The second-order valence-corrected chi connectivity index (χ2v) is 5.92.